The number of benzene rings is 2. The lowest BCUT2D eigenvalue weighted by molar-refractivity contribution is 0.0927. The third-order valence-electron chi connectivity index (χ3n) is 4.26. The smallest absolute Gasteiger partial charge is 0.287 e. The van der Waals surface area contributed by atoms with Crippen molar-refractivity contribution in [2.24, 2.45) is 0 Å². The molecule has 0 radical (unpaired) electrons. The van der Waals surface area contributed by atoms with Gasteiger partial charge in [-0.05, 0) is 42.7 Å². The number of nitrogens with one attached hydrogen (secondary N) is 1. The van der Waals surface area contributed by atoms with Gasteiger partial charge in [0.25, 0.3) is 5.91 Å². The van der Waals surface area contributed by atoms with Crippen LogP contribution in [0.15, 0.2) is 65.1 Å². The van der Waals surface area contributed by atoms with Gasteiger partial charge in [0.2, 0.25) is 5.71 Å². The Hall–Kier alpha value is -2.85. The molecule has 4 rings (SSSR count). The number of aryl methyl sites for hydroxylation is 1. The summed E-state index contributed by atoms with van der Waals surface area (Å²) < 4.78 is 5.63. The molecule has 1 N–H and O–H groups in total. The number of amides is 1. The van der Waals surface area contributed by atoms with Gasteiger partial charge in [-0.25, -0.2) is 4.98 Å². The fraction of sp³-hybridized carbons (Fsp3) is 0.143. The maximum atomic E-state index is 12.3. The molecule has 0 saturated heterocycles. The number of fused-ring (bicyclic) bond motifs is 2. The van der Waals surface area contributed by atoms with Crippen LogP contribution in [-0.2, 0) is 6.42 Å². The van der Waals surface area contributed by atoms with Crippen molar-refractivity contribution in [1.29, 1.82) is 0 Å². The highest BCUT2D eigenvalue weighted by atomic mass is 35.5. The minimum atomic E-state index is -0.224. The lowest BCUT2D eigenvalue weighted by atomic mass is 10.1. The summed E-state index contributed by atoms with van der Waals surface area (Å²) in [7, 11) is 0. The minimum Gasteiger partial charge on any atom is -0.433 e. The third kappa shape index (κ3) is 3.55. The number of halogens is 1. The maximum Gasteiger partial charge on any atom is 0.287 e. The third-order valence-corrected chi connectivity index (χ3v) is 4.50. The normalized spacial score (nSPS) is 11.1. The molecule has 1 amide bonds. The van der Waals surface area contributed by atoms with E-state index in [1.165, 1.54) is 5.56 Å². The van der Waals surface area contributed by atoms with Crippen molar-refractivity contribution >= 4 is 39.5 Å². The van der Waals surface area contributed by atoms with E-state index in [-0.39, 0.29) is 11.7 Å². The number of hydrogen-bond donors (Lipinski definition) is 1. The van der Waals surface area contributed by atoms with Crippen molar-refractivity contribution in [1.82, 2.24) is 10.3 Å². The van der Waals surface area contributed by atoms with Crippen LogP contribution in [0.4, 0.5) is 0 Å². The molecule has 0 spiro atoms. The molecule has 0 unspecified atom stereocenters. The maximum absolute atomic E-state index is 12.3. The van der Waals surface area contributed by atoms with Gasteiger partial charge in [-0.2, -0.15) is 0 Å². The first-order valence-electron chi connectivity index (χ1n) is 8.51. The van der Waals surface area contributed by atoms with Gasteiger partial charge in [0, 0.05) is 22.3 Å². The molecule has 2 heterocycles. The molecule has 5 heteroatoms. The van der Waals surface area contributed by atoms with E-state index < -0.39 is 0 Å². The molecule has 0 saturated carbocycles. The van der Waals surface area contributed by atoms with Gasteiger partial charge in [0.15, 0.2) is 5.76 Å². The molecule has 2 aromatic heterocycles. The fourth-order valence-corrected chi connectivity index (χ4v) is 3.10. The number of carbonyl (C=O) groups excluding carboxylic acids is 1. The highest BCUT2D eigenvalue weighted by Crippen LogP contribution is 2.24. The minimum absolute atomic E-state index is 0.224. The average molecular weight is 365 g/mol. The van der Waals surface area contributed by atoms with Gasteiger partial charge in [-0.15, -0.1) is 0 Å². The summed E-state index contributed by atoms with van der Waals surface area (Å²) in [5.41, 5.74) is 2.45. The highest BCUT2D eigenvalue weighted by molar-refractivity contribution is 6.31. The van der Waals surface area contributed by atoms with E-state index in [1.807, 2.05) is 36.4 Å². The Morgan fingerprint density at radius 3 is 2.73 bits per heavy atom. The van der Waals surface area contributed by atoms with Crippen molar-refractivity contribution in [2.45, 2.75) is 12.8 Å². The summed E-state index contributed by atoms with van der Waals surface area (Å²) in [4.78, 5) is 16.8. The molecule has 4 nitrogen and oxygen atoms in total. The van der Waals surface area contributed by atoms with Crippen LogP contribution in [0, 0.1) is 0 Å². The van der Waals surface area contributed by atoms with Crippen molar-refractivity contribution in [3.8, 4) is 0 Å². The van der Waals surface area contributed by atoms with Crippen LogP contribution >= 0.6 is 11.6 Å². The standard InChI is InChI=1S/C21H17ClN2O2/c22-17-9-8-15-11-16-12-19(26-21(16)24-18(15)13-17)20(25)23-10-4-7-14-5-2-1-3-6-14/h1-3,5-6,8-9,11-13H,4,7,10H2,(H,23,25). The molecule has 0 fully saturated rings. The average Bonchev–Trinajstić information content (AvgIpc) is 3.07. The number of rotatable bonds is 5. The molecular weight excluding hydrogens is 348 g/mol. The van der Waals surface area contributed by atoms with Crippen molar-refractivity contribution in [2.75, 3.05) is 6.54 Å². The molecule has 26 heavy (non-hydrogen) atoms. The quantitative estimate of drug-likeness (QED) is 0.507. The zero-order valence-electron chi connectivity index (χ0n) is 14.0. The first kappa shape index (κ1) is 16.6. The van der Waals surface area contributed by atoms with Crippen LogP contribution in [0.1, 0.15) is 22.5 Å². The van der Waals surface area contributed by atoms with E-state index >= 15 is 0 Å². The molecule has 0 aliphatic carbocycles. The van der Waals surface area contributed by atoms with E-state index in [4.69, 9.17) is 16.0 Å². The zero-order chi connectivity index (χ0) is 17.9. The molecule has 0 aliphatic rings. The van der Waals surface area contributed by atoms with Crippen LogP contribution in [0.3, 0.4) is 0 Å². The number of aromatic nitrogens is 1. The second-order valence-corrected chi connectivity index (χ2v) is 6.61. The first-order chi connectivity index (χ1) is 12.7. The van der Waals surface area contributed by atoms with Crippen LogP contribution < -0.4 is 5.32 Å². The number of pyridine rings is 1. The van der Waals surface area contributed by atoms with Gasteiger partial charge < -0.3 is 9.73 Å². The topological polar surface area (TPSA) is 55.1 Å². The van der Waals surface area contributed by atoms with Crippen LogP contribution in [0.5, 0.6) is 0 Å². The SMILES string of the molecule is O=C(NCCCc1ccccc1)c1cc2cc3ccc(Cl)cc3nc2o1. The van der Waals surface area contributed by atoms with Gasteiger partial charge in [-0.1, -0.05) is 48.0 Å². The van der Waals surface area contributed by atoms with Crippen LogP contribution in [0.25, 0.3) is 22.0 Å². The number of hydrogen-bond acceptors (Lipinski definition) is 3. The van der Waals surface area contributed by atoms with Gasteiger partial charge in [-0.3, -0.25) is 4.79 Å². The van der Waals surface area contributed by atoms with Crippen molar-refractivity contribution in [3.05, 3.63) is 77.0 Å². The van der Waals surface area contributed by atoms with Crippen molar-refractivity contribution < 1.29 is 9.21 Å². The predicted molar refractivity (Wildman–Crippen MR) is 104 cm³/mol. The number of carbonyl (C=O) groups is 1. The summed E-state index contributed by atoms with van der Waals surface area (Å²) in [6.45, 7) is 0.593. The van der Waals surface area contributed by atoms with E-state index in [9.17, 15) is 4.79 Å². The Morgan fingerprint density at radius 1 is 1.04 bits per heavy atom. The fourth-order valence-electron chi connectivity index (χ4n) is 2.94. The Kier molecular flexibility index (Phi) is 4.59. The largest absolute Gasteiger partial charge is 0.433 e. The van der Waals surface area contributed by atoms with E-state index in [1.54, 1.807) is 12.1 Å². The summed E-state index contributed by atoms with van der Waals surface area (Å²) in [6, 6.07) is 19.4. The first-order valence-corrected chi connectivity index (χ1v) is 8.89. The monoisotopic (exact) mass is 364 g/mol. The predicted octanol–water partition coefficient (Wildman–Crippen LogP) is 5.00. The van der Waals surface area contributed by atoms with Crippen LogP contribution in [-0.4, -0.2) is 17.4 Å². The summed E-state index contributed by atoms with van der Waals surface area (Å²) in [5.74, 6) is 0.0479. The second kappa shape index (κ2) is 7.18. The molecule has 0 aliphatic heterocycles. The molecule has 130 valence electrons. The summed E-state index contributed by atoms with van der Waals surface area (Å²) >= 11 is 6.01. The van der Waals surface area contributed by atoms with E-state index in [0.717, 1.165) is 29.1 Å². The Morgan fingerprint density at radius 2 is 1.88 bits per heavy atom. The summed E-state index contributed by atoms with van der Waals surface area (Å²) in [6.07, 6.45) is 1.80. The number of nitrogens with zero attached hydrogens (tertiary/aromatic N) is 1. The molecule has 0 atom stereocenters. The van der Waals surface area contributed by atoms with Gasteiger partial charge in [0.05, 0.1) is 5.52 Å². The summed E-state index contributed by atoms with van der Waals surface area (Å²) in [5, 5.41) is 5.27. The Balaban J connectivity index is 1.44. The van der Waals surface area contributed by atoms with Crippen LogP contribution in [0.2, 0.25) is 5.02 Å². The molecule has 2 aromatic carbocycles. The second-order valence-electron chi connectivity index (χ2n) is 6.18. The highest BCUT2D eigenvalue weighted by Gasteiger charge is 2.13. The zero-order valence-corrected chi connectivity index (χ0v) is 14.8. The molecule has 0 bridgehead atoms. The lowest BCUT2D eigenvalue weighted by Crippen LogP contribution is -2.24. The number of furan rings is 1. The Bertz CT molecular complexity index is 1070. The Labute approximate surface area is 155 Å². The van der Waals surface area contributed by atoms with Gasteiger partial charge in [0.1, 0.15) is 0 Å². The lowest BCUT2D eigenvalue weighted by Gasteiger charge is -2.03. The van der Waals surface area contributed by atoms with Crippen molar-refractivity contribution in [3.63, 3.8) is 0 Å². The molecular formula is C21H17ClN2O2. The van der Waals surface area contributed by atoms with Gasteiger partial charge >= 0.3 is 0 Å². The van der Waals surface area contributed by atoms with E-state index in [2.05, 4.69) is 22.4 Å². The molecule has 4 aromatic rings. The van der Waals surface area contributed by atoms with E-state index in [0.29, 0.717) is 17.3 Å².